The van der Waals surface area contributed by atoms with Gasteiger partial charge in [0.25, 0.3) is 0 Å². The smallest absolute Gasteiger partial charge is 0.408 e. The topological polar surface area (TPSA) is 61.2 Å². The maximum atomic E-state index is 11.3. The van der Waals surface area contributed by atoms with E-state index in [9.17, 15) is 4.79 Å². The van der Waals surface area contributed by atoms with Crippen LogP contribution in [-0.2, 0) is 7.05 Å². The number of nitrogens with zero attached hydrogens (tertiary/aromatic N) is 1. The first-order valence-electron chi connectivity index (χ1n) is 5.09. The molecule has 5 heteroatoms. The number of rotatable bonds is 3. The normalized spacial score (nSPS) is 13.2. The molecule has 0 spiro atoms. The molecule has 2 rings (SSSR count). The molecule has 1 unspecified atom stereocenters. The number of aromatic nitrogens is 1. The molecule has 0 amide bonds. The number of thiol groups is 1. The lowest BCUT2D eigenvalue weighted by molar-refractivity contribution is 0.528. The number of nitrogens with two attached hydrogens (primary N) is 1. The van der Waals surface area contributed by atoms with Crippen molar-refractivity contribution in [1.29, 1.82) is 0 Å². The van der Waals surface area contributed by atoms with Crippen molar-refractivity contribution in [3.05, 3.63) is 34.3 Å². The molecule has 0 saturated carbocycles. The van der Waals surface area contributed by atoms with E-state index in [1.54, 1.807) is 13.1 Å². The molecule has 1 aromatic carbocycles. The van der Waals surface area contributed by atoms with Gasteiger partial charge in [-0.3, -0.25) is 4.57 Å². The molecule has 1 aromatic heterocycles. The second-order valence-electron chi connectivity index (χ2n) is 3.77. The molecule has 0 aliphatic rings. The summed E-state index contributed by atoms with van der Waals surface area (Å²) in [6, 6.07) is 5.52. The lowest BCUT2D eigenvalue weighted by Crippen LogP contribution is -2.11. The van der Waals surface area contributed by atoms with E-state index < -0.39 is 0 Å². The Morgan fingerprint density at radius 1 is 1.56 bits per heavy atom. The molecular weight excluding hydrogens is 224 g/mol. The molecule has 86 valence electrons. The third kappa shape index (κ3) is 1.88. The van der Waals surface area contributed by atoms with Crippen molar-refractivity contribution in [3.63, 3.8) is 0 Å². The van der Waals surface area contributed by atoms with Gasteiger partial charge < -0.3 is 10.2 Å². The Morgan fingerprint density at radius 3 is 3.00 bits per heavy atom. The highest BCUT2D eigenvalue weighted by Crippen LogP contribution is 2.20. The van der Waals surface area contributed by atoms with Crippen LogP contribution in [0.2, 0.25) is 0 Å². The molecule has 0 saturated heterocycles. The standard InChI is InChI=1S/C11H14N2O2S/c1-13-9-6-7(8(12)4-5-16)2-3-10(9)15-11(13)14/h2-3,6,8,16H,4-5,12H2,1H3. The third-order valence-electron chi connectivity index (χ3n) is 2.68. The Balaban J connectivity index is 2.50. The summed E-state index contributed by atoms with van der Waals surface area (Å²) >= 11 is 4.15. The molecular formula is C11H14N2O2S. The van der Waals surface area contributed by atoms with E-state index in [2.05, 4.69) is 12.6 Å². The van der Waals surface area contributed by atoms with Crippen LogP contribution in [0, 0.1) is 0 Å². The summed E-state index contributed by atoms with van der Waals surface area (Å²) in [4.78, 5) is 11.3. The van der Waals surface area contributed by atoms with Crippen molar-refractivity contribution in [1.82, 2.24) is 4.57 Å². The monoisotopic (exact) mass is 238 g/mol. The third-order valence-corrected chi connectivity index (χ3v) is 2.94. The number of aryl methyl sites for hydroxylation is 1. The van der Waals surface area contributed by atoms with Crippen LogP contribution in [0.1, 0.15) is 18.0 Å². The molecule has 2 N–H and O–H groups in total. The molecule has 16 heavy (non-hydrogen) atoms. The molecule has 1 heterocycles. The minimum atomic E-state index is -0.352. The van der Waals surface area contributed by atoms with Gasteiger partial charge >= 0.3 is 5.76 Å². The zero-order chi connectivity index (χ0) is 11.7. The van der Waals surface area contributed by atoms with Crippen molar-refractivity contribution < 1.29 is 4.42 Å². The van der Waals surface area contributed by atoms with Crippen LogP contribution < -0.4 is 11.5 Å². The second kappa shape index (κ2) is 4.35. The van der Waals surface area contributed by atoms with E-state index in [1.807, 2.05) is 12.1 Å². The van der Waals surface area contributed by atoms with Gasteiger partial charge in [0.2, 0.25) is 0 Å². The van der Waals surface area contributed by atoms with E-state index in [4.69, 9.17) is 10.2 Å². The van der Waals surface area contributed by atoms with Crippen molar-refractivity contribution in [3.8, 4) is 0 Å². The van der Waals surface area contributed by atoms with E-state index in [0.717, 1.165) is 23.3 Å². The molecule has 0 aliphatic heterocycles. The van der Waals surface area contributed by atoms with E-state index in [-0.39, 0.29) is 11.8 Å². The number of hydrogen-bond acceptors (Lipinski definition) is 4. The van der Waals surface area contributed by atoms with Gasteiger partial charge in [-0.05, 0) is 29.9 Å². The molecule has 0 fully saturated rings. The van der Waals surface area contributed by atoms with Crippen LogP contribution in [0.25, 0.3) is 11.1 Å². The fourth-order valence-electron chi connectivity index (χ4n) is 1.68. The van der Waals surface area contributed by atoms with Gasteiger partial charge in [0, 0.05) is 13.1 Å². The van der Waals surface area contributed by atoms with Crippen molar-refractivity contribution in [2.45, 2.75) is 12.5 Å². The summed E-state index contributed by atoms with van der Waals surface area (Å²) in [5.74, 6) is 0.388. The number of oxazole rings is 1. The van der Waals surface area contributed by atoms with Crippen LogP contribution in [0.15, 0.2) is 27.4 Å². The highest BCUT2D eigenvalue weighted by molar-refractivity contribution is 7.80. The Bertz CT molecular complexity index is 559. The molecule has 0 bridgehead atoms. The molecule has 0 aliphatic carbocycles. The van der Waals surface area contributed by atoms with Gasteiger partial charge in [-0.15, -0.1) is 0 Å². The average Bonchev–Trinajstić information content (AvgIpc) is 2.55. The van der Waals surface area contributed by atoms with Crippen LogP contribution >= 0.6 is 12.6 Å². The Labute approximate surface area is 98.5 Å². The predicted octanol–water partition coefficient (Wildman–Crippen LogP) is 1.45. The Morgan fingerprint density at radius 2 is 2.31 bits per heavy atom. The number of fused-ring (bicyclic) bond motifs is 1. The van der Waals surface area contributed by atoms with Gasteiger partial charge in [0.15, 0.2) is 5.58 Å². The quantitative estimate of drug-likeness (QED) is 0.796. The van der Waals surface area contributed by atoms with E-state index in [0.29, 0.717) is 5.58 Å². The molecule has 0 radical (unpaired) electrons. The molecule has 2 aromatic rings. The summed E-state index contributed by atoms with van der Waals surface area (Å²) in [6.45, 7) is 0. The first-order chi connectivity index (χ1) is 7.63. The Kier molecular flexibility index (Phi) is 3.07. The average molecular weight is 238 g/mol. The van der Waals surface area contributed by atoms with Crippen molar-refractivity contribution >= 4 is 23.7 Å². The zero-order valence-electron chi connectivity index (χ0n) is 9.01. The largest absolute Gasteiger partial charge is 0.419 e. The highest BCUT2D eigenvalue weighted by atomic mass is 32.1. The van der Waals surface area contributed by atoms with E-state index >= 15 is 0 Å². The maximum absolute atomic E-state index is 11.3. The van der Waals surface area contributed by atoms with Gasteiger partial charge in [-0.25, -0.2) is 4.79 Å². The second-order valence-corrected chi connectivity index (χ2v) is 4.22. The fourth-order valence-corrected chi connectivity index (χ4v) is 1.96. The van der Waals surface area contributed by atoms with Crippen molar-refractivity contribution in [2.75, 3.05) is 5.75 Å². The summed E-state index contributed by atoms with van der Waals surface area (Å²) in [7, 11) is 1.68. The number of hydrogen-bond donors (Lipinski definition) is 2. The number of benzene rings is 1. The molecule has 4 nitrogen and oxygen atoms in total. The van der Waals surface area contributed by atoms with Gasteiger partial charge in [0.1, 0.15) is 0 Å². The summed E-state index contributed by atoms with van der Waals surface area (Å²) in [5, 5.41) is 0. The van der Waals surface area contributed by atoms with Crippen molar-refractivity contribution in [2.24, 2.45) is 12.8 Å². The van der Waals surface area contributed by atoms with Gasteiger partial charge in [-0.1, -0.05) is 6.07 Å². The minimum absolute atomic E-state index is 0.0492. The van der Waals surface area contributed by atoms with Crippen LogP contribution in [0.4, 0.5) is 0 Å². The van der Waals surface area contributed by atoms with Crippen LogP contribution in [0.3, 0.4) is 0 Å². The van der Waals surface area contributed by atoms with Crippen LogP contribution in [0.5, 0.6) is 0 Å². The minimum Gasteiger partial charge on any atom is -0.408 e. The zero-order valence-corrected chi connectivity index (χ0v) is 9.91. The SMILES string of the molecule is Cn1c(=O)oc2ccc(C(N)CCS)cc21. The maximum Gasteiger partial charge on any atom is 0.419 e. The fraction of sp³-hybridized carbons (Fsp3) is 0.364. The first-order valence-corrected chi connectivity index (χ1v) is 5.72. The highest BCUT2D eigenvalue weighted by Gasteiger charge is 2.10. The lowest BCUT2D eigenvalue weighted by Gasteiger charge is -2.10. The predicted molar refractivity (Wildman–Crippen MR) is 66.9 cm³/mol. The lowest BCUT2D eigenvalue weighted by atomic mass is 10.1. The van der Waals surface area contributed by atoms with Gasteiger partial charge in [0.05, 0.1) is 5.52 Å². The summed E-state index contributed by atoms with van der Waals surface area (Å²) in [5.41, 5.74) is 8.35. The first kappa shape index (κ1) is 11.3. The Hall–Kier alpha value is -1.20. The summed E-state index contributed by atoms with van der Waals surface area (Å²) < 4.78 is 6.52. The summed E-state index contributed by atoms with van der Waals surface area (Å²) in [6.07, 6.45) is 0.806. The molecule has 1 atom stereocenters. The van der Waals surface area contributed by atoms with E-state index in [1.165, 1.54) is 4.57 Å². The van der Waals surface area contributed by atoms with Crippen LogP contribution in [-0.4, -0.2) is 10.3 Å². The van der Waals surface area contributed by atoms with Gasteiger partial charge in [-0.2, -0.15) is 12.6 Å².